The molecule has 0 aliphatic rings. The van der Waals surface area contributed by atoms with Gasteiger partial charge >= 0.3 is 5.97 Å². The summed E-state index contributed by atoms with van der Waals surface area (Å²) in [6, 6.07) is 17.6. The number of methoxy groups -OCH3 is 1. The molecule has 0 fully saturated rings. The van der Waals surface area contributed by atoms with Crippen LogP contribution in [-0.2, 0) is 16.1 Å². The summed E-state index contributed by atoms with van der Waals surface area (Å²) >= 11 is 0. The summed E-state index contributed by atoms with van der Waals surface area (Å²) in [5.74, 6) is 0.132. The Morgan fingerprint density at radius 2 is 1.87 bits per heavy atom. The Bertz CT molecular complexity index is 662. The highest BCUT2D eigenvalue weighted by Gasteiger charge is 2.21. The Morgan fingerprint density at radius 1 is 1.13 bits per heavy atom. The number of benzene rings is 2. The van der Waals surface area contributed by atoms with Crippen molar-refractivity contribution in [3.63, 3.8) is 0 Å². The molecule has 0 aliphatic carbocycles. The Kier molecular flexibility index (Phi) is 5.98. The van der Waals surface area contributed by atoms with E-state index in [2.05, 4.69) is 6.58 Å². The van der Waals surface area contributed by atoms with Crippen LogP contribution in [-0.4, -0.2) is 13.1 Å². The quantitative estimate of drug-likeness (QED) is 0.558. The fraction of sp³-hybridized carbons (Fsp3) is 0.250. The SMILES string of the molecule is C=C(C)CC(C(=O)OC)c1cccc(OCc2ccccc2)c1. The molecule has 23 heavy (non-hydrogen) atoms. The average molecular weight is 310 g/mol. The number of hydrogen-bond donors (Lipinski definition) is 0. The summed E-state index contributed by atoms with van der Waals surface area (Å²) in [4.78, 5) is 12.0. The lowest BCUT2D eigenvalue weighted by atomic mass is 9.93. The van der Waals surface area contributed by atoms with Crippen LogP contribution in [0.25, 0.3) is 0 Å². The highest BCUT2D eigenvalue weighted by Crippen LogP contribution is 2.27. The van der Waals surface area contributed by atoms with Crippen molar-refractivity contribution < 1.29 is 14.3 Å². The van der Waals surface area contributed by atoms with Crippen molar-refractivity contribution in [3.05, 3.63) is 77.9 Å². The Balaban J connectivity index is 2.13. The van der Waals surface area contributed by atoms with E-state index in [9.17, 15) is 4.79 Å². The maximum absolute atomic E-state index is 12.0. The third-order valence-electron chi connectivity index (χ3n) is 3.55. The maximum Gasteiger partial charge on any atom is 0.313 e. The van der Waals surface area contributed by atoms with Gasteiger partial charge in [-0.15, -0.1) is 6.58 Å². The number of rotatable bonds is 7. The molecule has 2 rings (SSSR count). The van der Waals surface area contributed by atoms with Gasteiger partial charge in [0.05, 0.1) is 13.0 Å². The second kappa shape index (κ2) is 8.18. The molecule has 0 aliphatic heterocycles. The van der Waals surface area contributed by atoms with Crippen LogP contribution in [0.15, 0.2) is 66.7 Å². The third-order valence-corrected chi connectivity index (χ3v) is 3.55. The van der Waals surface area contributed by atoms with Gasteiger partial charge in [0.1, 0.15) is 12.4 Å². The van der Waals surface area contributed by atoms with E-state index in [4.69, 9.17) is 9.47 Å². The highest BCUT2D eigenvalue weighted by molar-refractivity contribution is 5.78. The number of carbonyl (C=O) groups excluding carboxylic acids is 1. The van der Waals surface area contributed by atoms with Gasteiger partial charge in [0.15, 0.2) is 0 Å². The fourth-order valence-corrected chi connectivity index (χ4v) is 2.39. The normalized spacial score (nSPS) is 11.6. The molecule has 0 N–H and O–H groups in total. The van der Waals surface area contributed by atoms with E-state index in [-0.39, 0.29) is 11.9 Å². The molecule has 0 amide bonds. The van der Waals surface area contributed by atoms with Crippen LogP contribution in [0.2, 0.25) is 0 Å². The molecule has 0 saturated carbocycles. The van der Waals surface area contributed by atoms with Gasteiger partial charge in [-0.1, -0.05) is 48.0 Å². The molecule has 1 unspecified atom stereocenters. The van der Waals surface area contributed by atoms with E-state index in [0.29, 0.717) is 13.0 Å². The van der Waals surface area contributed by atoms with Crippen LogP contribution in [0.1, 0.15) is 30.4 Å². The Labute approximate surface area is 137 Å². The minimum atomic E-state index is -0.349. The zero-order chi connectivity index (χ0) is 16.7. The minimum absolute atomic E-state index is 0.256. The molecule has 0 spiro atoms. The average Bonchev–Trinajstić information content (AvgIpc) is 2.58. The largest absolute Gasteiger partial charge is 0.489 e. The smallest absolute Gasteiger partial charge is 0.313 e. The summed E-state index contributed by atoms with van der Waals surface area (Å²) in [6.45, 7) is 6.30. The van der Waals surface area contributed by atoms with Crippen LogP contribution in [0.3, 0.4) is 0 Å². The van der Waals surface area contributed by atoms with Gasteiger partial charge < -0.3 is 9.47 Å². The molecule has 3 nitrogen and oxygen atoms in total. The second-order valence-electron chi connectivity index (χ2n) is 5.58. The monoisotopic (exact) mass is 310 g/mol. The molecule has 0 heterocycles. The van der Waals surface area contributed by atoms with E-state index in [1.165, 1.54) is 7.11 Å². The molecule has 2 aromatic carbocycles. The number of ether oxygens (including phenoxy) is 2. The number of carbonyl (C=O) groups is 1. The first-order chi connectivity index (χ1) is 11.1. The van der Waals surface area contributed by atoms with Crippen molar-refractivity contribution in [1.82, 2.24) is 0 Å². The van der Waals surface area contributed by atoms with E-state index in [1.807, 2.05) is 61.5 Å². The Hall–Kier alpha value is -2.55. The fourth-order valence-electron chi connectivity index (χ4n) is 2.39. The Morgan fingerprint density at radius 3 is 2.52 bits per heavy atom. The van der Waals surface area contributed by atoms with Crippen LogP contribution in [0.5, 0.6) is 5.75 Å². The summed E-state index contributed by atoms with van der Waals surface area (Å²) in [7, 11) is 1.41. The van der Waals surface area contributed by atoms with Gasteiger partial charge in [-0.3, -0.25) is 4.79 Å². The van der Waals surface area contributed by atoms with Gasteiger partial charge in [-0.25, -0.2) is 0 Å². The van der Waals surface area contributed by atoms with Crippen LogP contribution in [0.4, 0.5) is 0 Å². The minimum Gasteiger partial charge on any atom is -0.489 e. The van der Waals surface area contributed by atoms with E-state index >= 15 is 0 Å². The topological polar surface area (TPSA) is 35.5 Å². The molecule has 1 atom stereocenters. The maximum atomic E-state index is 12.0. The van der Waals surface area contributed by atoms with Crippen LogP contribution in [0, 0.1) is 0 Å². The first kappa shape index (κ1) is 16.8. The van der Waals surface area contributed by atoms with Gasteiger partial charge in [-0.2, -0.15) is 0 Å². The number of esters is 1. The molecule has 120 valence electrons. The summed E-state index contributed by atoms with van der Waals surface area (Å²) in [5.41, 5.74) is 2.92. The summed E-state index contributed by atoms with van der Waals surface area (Å²) < 4.78 is 10.7. The predicted molar refractivity (Wildman–Crippen MR) is 91.4 cm³/mol. The molecule has 0 saturated heterocycles. The van der Waals surface area contributed by atoms with Crippen molar-refractivity contribution in [3.8, 4) is 5.75 Å². The van der Waals surface area contributed by atoms with Gasteiger partial charge in [-0.05, 0) is 36.6 Å². The first-order valence-electron chi connectivity index (χ1n) is 7.59. The summed E-state index contributed by atoms with van der Waals surface area (Å²) in [5, 5.41) is 0. The number of hydrogen-bond acceptors (Lipinski definition) is 3. The molecule has 3 heteroatoms. The van der Waals surface area contributed by atoms with Crippen LogP contribution < -0.4 is 4.74 Å². The van der Waals surface area contributed by atoms with Gasteiger partial charge in [0.2, 0.25) is 0 Å². The van der Waals surface area contributed by atoms with Crippen molar-refractivity contribution in [2.24, 2.45) is 0 Å². The predicted octanol–water partition coefficient (Wildman–Crippen LogP) is 4.49. The van der Waals surface area contributed by atoms with Crippen LogP contribution >= 0.6 is 0 Å². The first-order valence-corrected chi connectivity index (χ1v) is 7.59. The molecular weight excluding hydrogens is 288 g/mol. The second-order valence-corrected chi connectivity index (χ2v) is 5.58. The van der Waals surface area contributed by atoms with Crippen molar-refractivity contribution >= 4 is 5.97 Å². The zero-order valence-electron chi connectivity index (χ0n) is 13.6. The molecule has 0 radical (unpaired) electrons. The lowest BCUT2D eigenvalue weighted by molar-refractivity contribution is -0.142. The molecule has 0 aromatic heterocycles. The number of allylic oxidation sites excluding steroid dienone is 1. The zero-order valence-corrected chi connectivity index (χ0v) is 13.6. The summed E-state index contributed by atoms with van der Waals surface area (Å²) in [6.07, 6.45) is 0.564. The van der Waals surface area contributed by atoms with E-state index in [1.54, 1.807) is 0 Å². The molecular formula is C20H22O3. The third kappa shape index (κ3) is 4.99. The molecule has 0 bridgehead atoms. The lowest BCUT2D eigenvalue weighted by Gasteiger charge is -2.16. The standard InChI is InChI=1S/C20H22O3/c1-15(2)12-19(20(21)22-3)17-10-7-11-18(13-17)23-14-16-8-5-4-6-9-16/h4-11,13,19H,1,12,14H2,2-3H3. The van der Waals surface area contributed by atoms with E-state index < -0.39 is 0 Å². The van der Waals surface area contributed by atoms with Crippen molar-refractivity contribution in [2.75, 3.05) is 7.11 Å². The highest BCUT2D eigenvalue weighted by atomic mass is 16.5. The van der Waals surface area contributed by atoms with Crippen molar-refractivity contribution in [1.29, 1.82) is 0 Å². The molecule has 2 aromatic rings. The van der Waals surface area contributed by atoms with Gasteiger partial charge in [0.25, 0.3) is 0 Å². The van der Waals surface area contributed by atoms with Gasteiger partial charge in [0, 0.05) is 0 Å². The van der Waals surface area contributed by atoms with E-state index in [0.717, 1.165) is 22.4 Å². The lowest BCUT2D eigenvalue weighted by Crippen LogP contribution is -2.14. The van der Waals surface area contributed by atoms with Crippen molar-refractivity contribution in [2.45, 2.75) is 25.9 Å².